The summed E-state index contributed by atoms with van der Waals surface area (Å²) in [4.78, 5) is 22.1. The summed E-state index contributed by atoms with van der Waals surface area (Å²) in [6, 6.07) is 10.3. The first-order valence-electron chi connectivity index (χ1n) is 8.60. The Morgan fingerprint density at radius 2 is 2.07 bits per heavy atom. The molecule has 7 heteroatoms. The van der Waals surface area contributed by atoms with Crippen molar-refractivity contribution in [1.29, 1.82) is 5.26 Å². The predicted molar refractivity (Wildman–Crippen MR) is 106 cm³/mol. The van der Waals surface area contributed by atoms with Gasteiger partial charge in [-0.25, -0.2) is 9.98 Å². The van der Waals surface area contributed by atoms with Gasteiger partial charge < -0.3 is 4.90 Å². The highest BCUT2D eigenvalue weighted by Crippen LogP contribution is 2.20. The molecule has 0 unspecified atom stereocenters. The fourth-order valence-electron chi connectivity index (χ4n) is 2.47. The van der Waals surface area contributed by atoms with Gasteiger partial charge in [-0.05, 0) is 56.2 Å². The van der Waals surface area contributed by atoms with Gasteiger partial charge in [0, 0.05) is 24.9 Å². The van der Waals surface area contributed by atoms with E-state index in [2.05, 4.69) is 27.9 Å². The molecule has 1 amide bonds. The maximum atomic E-state index is 13.6. The number of guanidine groups is 1. The molecule has 0 atom stereocenters. The molecule has 6 nitrogen and oxygen atoms in total. The molecule has 1 aromatic heterocycles. The average molecular weight is 379 g/mol. The van der Waals surface area contributed by atoms with Crippen LogP contribution in [0.15, 0.2) is 47.5 Å². The van der Waals surface area contributed by atoms with E-state index in [9.17, 15) is 9.18 Å². The van der Waals surface area contributed by atoms with Crippen LogP contribution in [0, 0.1) is 31.1 Å². The number of amides is 1. The number of pyridine rings is 1. The molecule has 0 bridgehead atoms. The Labute approximate surface area is 164 Å². The van der Waals surface area contributed by atoms with E-state index in [-0.39, 0.29) is 11.9 Å². The van der Waals surface area contributed by atoms with Crippen LogP contribution in [0.5, 0.6) is 0 Å². The summed E-state index contributed by atoms with van der Waals surface area (Å²) >= 11 is 0. The van der Waals surface area contributed by atoms with Crippen molar-refractivity contribution in [3.63, 3.8) is 0 Å². The second-order valence-electron chi connectivity index (χ2n) is 6.58. The highest BCUT2D eigenvalue weighted by atomic mass is 19.1. The van der Waals surface area contributed by atoms with Crippen LogP contribution in [0.4, 0.5) is 10.1 Å². The third-order valence-corrected chi connectivity index (χ3v) is 3.94. The predicted octanol–water partition coefficient (Wildman–Crippen LogP) is 3.52. The van der Waals surface area contributed by atoms with E-state index in [0.29, 0.717) is 34.6 Å². The lowest BCUT2D eigenvalue weighted by atomic mass is 10.1. The third kappa shape index (κ3) is 5.48. The lowest BCUT2D eigenvalue weighted by Crippen LogP contribution is -2.42. The van der Waals surface area contributed by atoms with Gasteiger partial charge in [-0.15, -0.1) is 0 Å². The number of nitrogens with one attached hydrogen (secondary N) is 1. The van der Waals surface area contributed by atoms with E-state index in [4.69, 9.17) is 5.26 Å². The van der Waals surface area contributed by atoms with Crippen molar-refractivity contribution < 1.29 is 9.18 Å². The first kappa shape index (κ1) is 20.8. The Morgan fingerprint density at radius 1 is 1.36 bits per heavy atom. The topological polar surface area (TPSA) is 81.4 Å². The van der Waals surface area contributed by atoms with Crippen LogP contribution in [0.2, 0.25) is 0 Å². The normalized spacial score (nSPS) is 10.9. The van der Waals surface area contributed by atoms with Gasteiger partial charge in [0.1, 0.15) is 0 Å². The zero-order chi connectivity index (χ0) is 20.8. The largest absolute Gasteiger partial charge is 0.341 e. The summed E-state index contributed by atoms with van der Waals surface area (Å²) in [5.74, 6) is -0.678. The molecule has 0 saturated heterocycles. The van der Waals surface area contributed by atoms with E-state index >= 15 is 0 Å². The lowest BCUT2D eigenvalue weighted by molar-refractivity contribution is -0.116. The maximum absolute atomic E-state index is 13.6. The fourth-order valence-corrected chi connectivity index (χ4v) is 2.47. The van der Waals surface area contributed by atoms with Crippen molar-refractivity contribution in [1.82, 2.24) is 15.2 Å². The number of aryl methyl sites for hydroxylation is 2. The van der Waals surface area contributed by atoms with E-state index in [0.717, 1.165) is 5.56 Å². The second kappa shape index (κ2) is 8.91. The SMILES string of the molecule is C=C(C)C(=O)NC(=Nc1cc(C#N)ccc1C)N(C)Cc1cc(C)nc(F)c1. The molecule has 0 radical (unpaired) electrons. The number of benzene rings is 1. The molecule has 0 aliphatic rings. The van der Waals surface area contributed by atoms with Crippen molar-refractivity contribution >= 4 is 17.6 Å². The minimum Gasteiger partial charge on any atom is -0.341 e. The number of rotatable bonds is 4. The molecule has 28 heavy (non-hydrogen) atoms. The molecule has 0 spiro atoms. The highest BCUT2D eigenvalue weighted by molar-refractivity contribution is 6.05. The standard InChI is InChI=1S/C21H22FN5O/c1-13(2)20(28)26-21(25-18-9-16(11-23)7-6-14(18)3)27(5)12-17-8-15(4)24-19(22)10-17/h6-10H,1,12H2,2-5H3,(H,25,26,28). The van der Waals surface area contributed by atoms with Gasteiger partial charge >= 0.3 is 0 Å². The molecule has 0 saturated carbocycles. The number of carbonyl (C=O) groups excluding carboxylic acids is 1. The summed E-state index contributed by atoms with van der Waals surface area (Å²) < 4.78 is 13.6. The van der Waals surface area contributed by atoms with E-state index in [1.54, 1.807) is 50.1 Å². The number of hydrogen-bond acceptors (Lipinski definition) is 4. The number of nitrogens with zero attached hydrogens (tertiary/aromatic N) is 4. The monoisotopic (exact) mass is 379 g/mol. The maximum Gasteiger partial charge on any atom is 0.252 e. The number of aliphatic imine (C=N–C) groups is 1. The molecular formula is C21H22FN5O. The van der Waals surface area contributed by atoms with E-state index < -0.39 is 5.95 Å². The zero-order valence-electron chi connectivity index (χ0n) is 16.4. The molecule has 0 aliphatic carbocycles. The summed E-state index contributed by atoms with van der Waals surface area (Å²) in [6.45, 7) is 9.10. The van der Waals surface area contributed by atoms with Crippen LogP contribution < -0.4 is 5.32 Å². The Balaban J connectivity index is 2.42. The van der Waals surface area contributed by atoms with Gasteiger partial charge in [-0.1, -0.05) is 12.6 Å². The molecular weight excluding hydrogens is 357 g/mol. The fraction of sp³-hybridized carbons (Fsp3) is 0.238. The van der Waals surface area contributed by atoms with Gasteiger partial charge in [-0.3, -0.25) is 10.1 Å². The Hall–Kier alpha value is -3.53. The van der Waals surface area contributed by atoms with Gasteiger partial charge in [0.2, 0.25) is 11.9 Å². The third-order valence-electron chi connectivity index (χ3n) is 3.94. The molecule has 1 heterocycles. The zero-order valence-corrected chi connectivity index (χ0v) is 16.4. The van der Waals surface area contributed by atoms with Gasteiger partial charge in [0.15, 0.2) is 0 Å². The smallest absolute Gasteiger partial charge is 0.252 e. The summed E-state index contributed by atoms with van der Waals surface area (Å²) in [6.07, 6.45) is 0. The van der Waals surface area contributed by atoms with Crippen molar-refractivity contribution in [3.8, 4) is 6.07 Å². The number of nitriles is 1. The van der Waals surface area contributed by atoms with E-state index in [1.165, 1.54) is 6.07 Å². The Kier molecular flexibility index (Phi) is 6.61. The van der Waals surface area contributed by atoms with Gasteiger partial charge in [0.05, 0.1) is 17.3 Å². The second-order valence-corrected chi connectivity index (χ2v) is 6.58. The quantitative estimate of drug-likeness (QED) is 0.381. The first-order valence-corrected chi connectivity index (χ1v) is 8.60. The van der Waals surface area contributed by atoms with Crippen LogP contribution in [0.25, 0.3) is 0 Å². The number of hydrogen-bond donors (Lipinski definition) is 1. The molecule has 0 fully saturated rings. The number of carbonyl (C=O) groups is 1. The van der Waals surface area contributed by atoms with Crippen LogP contribution in [0.3, 0.4) is 0 Å². The highest BCUT2D eigenvalue weighted by Gasteiger charge is 2.14. The molecule has 0 aliphatic heterocycles. The van der Waals surface area contributed by atoms with Crippen LogP contribution in [-0.4, -0.2) is 28.8 Å². The van der Waals surface area contributed by atoms with Crippen molar-refractivity contribution in [2.45, 2.75) is 27.3 Å². The number of aromatic nitrogens is 1. The summed E-state index contributed by atoms with van der Waals surface area (Å²) in [5, 5.41) is 11.9. The molecule has 2 aromatic rings. The van der Waals surface area contributed by atoms with Crippen molar-refractivity contribution in [2.24, 2.45) is 4.99 Å². The minimum atomic E-state index is -0.564. The van der Waals surface area contributed by atoms with Crippen LogP contribution in [0.1, 0.15) is 29.3 Å². The molecule has 2 rings (SSSR count). The summed E-state index contributed by atoms with van der Waals surface area (Å²) in [7, 11) is 1.73. The van der Waals surface area contributed by atoms with Crippen LogP contribution >= 0.6 is 0 Å². The Morgan fingerprint density at radius 3 is 2.68 bits per heavy atom. The molecule has 1 N–H and O–H groups in total. The van der Waals surface area contributed by atoms with Crippen LogP contribution in [-0.2, 0) is 11.3 Å². The van der Waals surface area contributed by atoms with Gasteiger partial charge in [0.25, 0.3) is 5.91 Å². The average Bonchev–Trinajstić information content (AvgIpc) is 2.61. The number of halogens is 1. The van der Waals surface area contributed by atoms with Gasteiger partial charge in [-0.2, -0.15) is 9.65 Å². The molecule has 144 valence electrons. The van der Waals surface area contributed by atoms with Crippen molar-refractivity contribution in [2.75, 3.05) is 7.05 Å². The minimum absolute atomic E-state index is 0.265. The van der Waals surface area contributed by atoms with E-state index in [1.807, 2.05) is 6.92 Å². The lowest BCUT2D eigenvalue weighted by Gasteiger charge is -2.22. The molecule has 1 aromatic carbocycles. The summed E-state index contributed by atoms with van der Waals surface area (Å²) in [5.41, 5.74) is 3.44. The Bertz CT molecular complexity index is 971. The first-order chi connectivity index (χ1) is 13.2. The van der Waals surface area contributed by atoms with Crippen molar-refractivity contribution in [3.05, 3.63) is 70.8 Å².